The van der Waals surface area contributed by atoms with Gasteiger partial charge in [0.25, 0.3) is 0 Å². The third-order valence-electron chi connectivity index (χ3n) is 1.41. The van der Waals surface area contributed by atoms with Crippen molar-refractivity contribution >= 4 is 35.6 Å². The lowest BCUT2D eigenvalue weighted by molar-refractivity contribution is -0.148. The monoisotopic (exact) mass is 324 g/mol. The fourth-order valence-electron chi connectivity index (χ4n) is 0.428. The quantitative estimate of drug-likeness (QED) is 0.378. The zero-order chi connectivity index (χ0) is 18.3. The third-order valence-corrected chi connectivity index (χ3v) is 1.41. The van der Waals surface area contributed by atoms with Crippen LogP contribution in [0, 0.1) is 0 Å². The van der Waals surface area contributed by atoms with E-state index in [1.54, 1.807) is 0 Å². The van der Waals surface area contributed by atoms with Crippen LogP contribution in [0.5, 0.6) is 0 Å². The van der Waals surface area contributed by atoms with E-state index in [1.165, 1.54) is 0 Å². The van der Waals surface area contributed by atoms with Crippen LogP contribution in [0.1, 0.15) is 32.6 Å². The van der Waals surface area contributed by atoms with Gasteiger partial charge in [-0.1, -0.05) is 0 Å². The van der Waals surface area contributed by atoms with Gasteiger partial charge in [-0.05, 0) is 0 Å². The zero-order valence-corrected chi connectivity index (χ0v) is 11.5. The van der Waals surface area contributed by atoms with Crippen LogP contribution in [0.3, 0.4) is 0 Å². The highest BCUT2D eigenvalue weighted by atomic mass is 16.4. The molecule has 11 nitrogen and oxygen atoms in total. The van der Waals surface area contributed by atoms with Gasteiger partial charge in [-0.15, -0.1) is 0 Å². The molecule has 0 saturated heterocycles. The maximum absolute atomic E-state index is 9.64. The molecule has 0 aliphatic heterocycles. The van der Waals surface area contributed by atoms with Crippen molar-refractivity contribution in [3.63, 3.8) is 0 Å². The smallest absolute Gasteiger partial charge is 0.371 e. The van der Waals surface area contributed by atoms with Crippen molar-refractivity contribution in [2.24, 2.45) is 0 Å². The van der Waals surface area contributed by atoms with E-state index in [-0.39, 0.29) is 25.7 Å². The van der Waals surface area contributed by atoms with Gasteiger partial charge in [0.15, 0.2) is 0 Å². The van der Waals surface area contributed by atoms with Gasteiger partial charge in [0, 0.05) is 6.92 Å². The lowest BCUT2D eigenvalue weighted by atomic mass is 10.3. The number of carboxylic acid groups (broad SMARTS) is 5. The topological polar surface area (TPSA) is 204 Å². The van der Waals surface area contributed by atoms with Crippen molar-refractivity contribution in [3.05, 3.63) is 0 Å². The molecule has 0 spiro atoms. The first kappa shape index (κ1) is 24.1. The lowest BCUT2D eigenvalue weighted by Gasteiger charge is -1.85. The summed E-state index contributed by atoms with van der Waals surface area (Å²) >= 11 is 0. The van der Waals surface area contributed by atoms with E-state index in [4.69, 9.17) is 25.5 Å². The van der Waals surface area contributed by atoms with Crippen molar-refractivity contribution in [1.29, 1.82) is 0 Å². The second kappa shape index (κ2) is 14.4. The Hall–Kier alpha value is -2.98. The van der Waals surface area contributed by atoms with E-state index in [0.29, 0.717) is 0 Å². The van der Waals surface area contributed by atoms with Crippen molar-refractivity contribution in [1.82, 2.24) is 0 Å². The summed E-state index contributed by atoms with van der Waals surface area (Å²) in [5.74, 6) is -6.51. The maximum Gasteiger partial charge on any atom is 0.371 e. The molecule has 0 bridgehead atoms. The van der Waals surface area contributed by atoms with E-state index in [9.17, 15) is 28.8 Å². The number of carbonyl (C=O) groups is 6. The molecule has 0 unspecified atom stereocenters. The van der Waals surface area contributed by atoms with Crippen LogP contribution >= 0.6 is 0 Å². The molecular formula is C11H16O11. The molecule has 22 heavy (non-hydrogen) atoms. The van der Waals surface area contributed by atoms with Crippen LogP contribution in [0.25, 0.3) is 0 Å². The minimum Gasteiger partial charge on any atom is -0.481 e. The predicted molar refractivity (Wildman–Crippen MR) is 67.3 cm³/mol. The van der Waals surface area contributed by atoms with E-state index >= 15 is 0 Å². The van der Waals surface area contributed by atoms with E-state index < -0.39 is 35.6 Å². The average Bonchev–Trinajstić information content (AvgIpc) is 2.35. The van der Waals surface area contributed by atoms with Gasteiger partial charge in [0.2, 0.25) is 5.78 Å². The van der Waals surface area contributed by atoms with E-state index in [1.807, 2.05) is 0 Å². The fraction of sp³-hybridized carbons (Fsp3) is 0.455. The number of carboxylic acids is 5. The second-order valence-corrected chi connectivity index (χ2v) is 3.44. The summed E-state index contributed by atoms with van der Waals surface area (Å²) in [7, 11) is 0. The van der Waals surface area contributed by atoms with Crippen molar-refractivity contribution in [2.45, 2.75) is 32.6 Å². The standard InChI is InChI=1S/2C4H6O4.C3H4O3/c2*5-3(6)1-2-4(7)8;1-2(4)3(5)6/h2*1-2H2,(H,5,6)(H,7,8);1H3,(H,5,6). The Balaban J connectivity index is -0.000000249. The van der Waals surface area contributed by atoms with Gasteiger partial charge in [0.05, 0.1) is 25.7 Å². The van der Waals surface area contributed by atoms with Crippen LogP contribution in [-0.2, 0) is 28.8 Å². The molecular weight excluding hydrogens is 308 g/mol. The highest BCUT2D eigenvalue weighted by Gasteiger charge is 2.01. The highest BCUT2D eigenvalue weighted by molar-refractivity contribution is 6.31. The summed E-state index contributed by atoms with van der Waals surface area (Å²) in [6.45, 7) is 1.00. The summed E-state index contributed by atoms with van der Waals surface area (Å²) in [6, 6.07) is 0. The summed E-state index contributed by atoms with van der Waals surface area (Å²) in [5, 5.41) is 39.2. The largest absolute Gasteiger partial charge is 0.481 e. The van der Waals surface area contributed by atoms with Gasteiger partial charge < -0.3 is 25.5 Å². The normalized spacial score (nSPS) is 8.23. The van der Waals surface area contributed by atoms with Gasteiger partial charge in [-0.3, -0.25) is 24.0 Å². The Labute approximate surface area is 123 Å². The molecule has 0 aromatic rings. The van der Waals surface area contributed by atoms with Crippen LogP contribution in [-0.4, -0.2) is 61.2 Å². The first-order chi connectivity index (χ1) is 9.89. The minimum atomic E-state index is -1.38. The molecule has 0 radical (unpaired) electrons. The molecule has 0 rings (SSSR count). The minimum absolute atomic E-state index is 0.296. The third kappa shape index (κ3) is 36.0. The SMILES string of the molecule is CC(=O)C(=O)O.O=C(O)CCC(=O)O.O=C(O)CCC(=O)O. The summed E-state index contributed by atoms with van der Waals surface area (Å²) in [5.41, 5.74) is 0. The molecule has 0 aliphatic rings. The fourth-order valence-corrected chi connectivity index (χ4v) is 0.428. The van der Waals surface area contributed by atoms with Crippen molar-refractivity contribution in [3.8, 4) is 0 Å². The summed E-state index contributed by atoms with van der Waals surface area (Å²) in [4.78, 5) is 57.5. The molecule has 11 heteroatoms. The van der Waals surface area contributed by atoms with Crippen LogP contribution < -0.4 is 0 Å². The van der Waals surface area contributed by atoms with E-state index in [0.717, 1.165) is 6.92 Å². The lowest BCUT2D eigenvalue weighted by Crippen LogP contribution is -2.05. The number of carbonyl (C=O) groups excluding carboxylic acids is 1. The van der Waals surface area contributed by atoms with Crippen LogP contribution in [0.15, 0.2) is 0 Å². The predicted octanol–water partition coefficient (Wildman–Crippen LogP) is -0.468. The summed E-state index contributed by atoms with van der Waals surface area (Å²) < 4.78 is 0. The Bertz CT molecular complexity index is 356. The molecule has 0 atom stereocenters. The van der Waals surface area contributed by atoms with Gasteiger partial charge in [0.1, 0.15) is 0 Å². The van der Waals surface area contributed by atoms with E-state index in [2.05, 4.69) is 0 Å². The Kier molecular flexibility index (Phi) is 15.8. The van der Waals surface area contributed by atoms with Gasteiger partial charge in [-0.25, -0.2) is 4.79 Å². The van der Waals surface area contributed by atoms with Gasteiger partial charge >= 0.3 is 29.8 Å². The molecule has 0 heterocycles. The van der Waals surface area contributed by atoms with Crippen LogP contribution in [0.2, 0.25) is 0 Å². The first-order valence-electron chi connectivity index (χ1n) is 5.51. The number of rotatable bonds is 7. The summed E-state index contributed by atoms with van der Waals surface area (Å²) in [6.07, 6.45) is -1.19. The number of hydrogen-bond donors (Lipinski definition) is 5. The molecule has 0 aromatic carbocycles. The van der Waals surface area contributed by atoms with Gasteiger partial charge in [-0.2, -0.15) is 0 Å². The Morgan fingerprint density at radius 2 is 0.682 bits per heavy atom. The number of ketones is 1. The second-order valence-electron chi connectivity index (χ2n) is 3.44. The van der Waals surface area contributed by atoms with Crippen molar-refractivity contribution < 1.29 is 54.3 Å². The average molecular weight is 324 g/mol. The number of Topliss-reactive ketones (excluding diaryl/α,β-unsaturated/α-hetero) is 1. The van der Waals surface area contributed by atoms with Crippen molar-refractivity contribution in [2.75, 3.05) is 0 Å². The molecule has 126 valence electrons. The zero-order valence-electron chi connectivity index (χ0n) is 11.5. The molecule has 0 amide bonds. The highest BCUT2D eigenvalue weighted by Crippen LogP contribution is 1.86. The maximum atomic E-state index is 9.64. The molecule has 0 aliphatic carbocycles. The first-order valence-corrected chi connectivity index (χ1v) is 5.51. The number of hydrogen-bond acceptors (Lipinski definition) is 6. The van der Waals surface area contributed by atoms with Crippen LogP contribution in [0.4, 0.5) is 0 Å². The molecule has 0 fully saturated rings. The Morgan fingerprint density at radius 1 is 0.545 bits per heavy atom. The molecule has 0 aromatic heterocycles. The molecule has 0 saturated carbocycles. The number of aliphatic carboxylic acids is 5. The molecule has 5 N–H and O–H groups in total. The Morgan fingerprint density at radius 3 is 0.727 bits per heavy atom.